The van der Waals surface area contributed by atoms with Gasteiger partial charge in [-0.2, -0.15) is 5.26 Å². The number of nitrogens with zero attached hydrogens (tertiary/aromatic N) is 1. The number of hydrogen-bond acceptors (Lipinski definition) is 6. The summed E-state index contributed by atoms with van der Waals surface area (Å²) in [5.74, 6) is -0.533. The van der Waals surface area contributed by atoms with Crippen LogP contribution in [0.1, 0.15) is 33.8 Å². The standard InChI is InChI=1S/C15H15N3O2S/c1-9(10-6-4-3-5-7-10)18-14-11(8-16)12(17)13(21-14)15(19)20-2/h3-7,9,18H,17H2,1-2H3. The second kappa shape index (κ2) is 6.29. The van der Waals surface area contributed by atoms with Gasteiger partial charge in [0, 0.05) is 6.04 Å². The van der Waals surface area contributed by atoms with E-state index in [1.54, 1.807) is 0 Å². The number of nitrogens with one attached hydrogen (secondary N) is 1. The summed E-state index contributed by atoms with van der Waals surface area (Å²) in [6, 6.07) is 11.8. The number of hydrogen-bond donors (Lipinski definition) is 2. The van der Waals surface area contributed by atoms with Gasteiger partial charge in [0.1, 0.15) is 21.5 Å². The monoisotopic (exact) mass is 301 g/mol. The molecule has 0 bridgehead atoms. The van der Waals surface area contributed by atoms with E-state index in [4.69, 9.17) is 5.73 Å². The van der Waals surface area contributed by atoms with Crippen molar-refractivity contribution in [3.8, 4) is 6.07 Å². The van der Waals surface area contributed by atoms with E-state index in [9.17, 15) is 10.1 Å². The van der Waals surface area contributed by atoms with Gasteiger partial charge >= 0.3 is 5.97 Å². The molecule has 5 nitrogen and oxygen atoms in total. The van der Waals surface area contributed by atoms with Gasteiger partial charge in [-0.3, -0.25) is 0 Å². The normalized spacial score (nSPS) is 11.5. The number of rotatable bonds is 4. The van der Waals surface area contributed by atoms with Crippen molar-refractivity contribution in [3.63, 3.8) is 0 Å². The molecule has 2 rings (SSSR count). The van der Waals surface area contributed by atoms with Crippen molar-refractivity contribution in [2.24, 2.45) is 0 Å². The summed E-state index contributed by atoms with van der Waals surface area (Å²) in [5, 5.41) is 13.0. The predicted octanol–water partition coefficient (Wildman–Crippen LogP) is 3.16. The molecule has 0 radical (unpaired) electrons. The van der Waals surface area contributed by atoms with Gasteiger partial charge in [-0.05, 0) is 12.5 Å². The van der Waals surface area contributed by atoms with Crippen molar-refractivity contribution in [2.45, 2.75) is 13.0 Å². The van der Waals surface area contributed by atoms with E-state index in [0.29, 0.717) is 5.00 Å². The topological polar surface area (TPSA) is 88.1 Å². The molecule has 1 unspecified atom stereocenters. The van der Waals surface area contributed by atoms with E-state index in [1.807, 2.05) is 43.3 Å². The molecule has 2 aromatic rings. The van der Waals surface area contributed by atoms with E-state index >= 15 is 0 Å². The summed E-state index contributed by atoms with van der Waals surface area (Å²) in [7, 11) is 1.28. The number of nitrogens with two attached hydrogens (primary N) is 1. The third-order valence-corrected chi connectivity index (χ3v) is 4.19. The Morgan fingerprint density at radius 2 is 2.10 bits per heavy atom. The zero-order valence-electron chi connectivity index (χ0n) is 11.7. The van der Waals surface area contributed by atoms with Crippen molar-refractivity contribution in [1.82, 2.24) is 0 Å². The van der Waals surface area contributed by atoms with E-state index in [1.165, 1.54) is 7.11 Å². The Morgan fingerprint density at radius 1 is 1.43 bits per heavy atom. The Kier molecular flexibility index (Phi) is 4.45. The number of ether oxygens (including phenoxy) is 1. The Hall–Kier alpha value is -2.52. The fraction of sp³-hybridized carbons (Fsp3) is 0.200. The summed E-state index contributed by atoms with van der Waals surface area (Å²) in [6.45, 7) is 1.98. The third kappa shape index (κ3) is 2.98. The quantitative estimate of drug-likeness (QED) is 0.847. The Morgan fingerprint density at radius 3 is 2.67 bits per heavy atom. The predicted molar refractivity (Wildman–Crippen MR) is 83.3 cm³/mol. The molecule has 0 aliphatic rings. The number of carbonyl (C=O) groups excluding carboxylic acids is 1. The molecule has 6 heteroatoms. The van der Waals surface area contributed by atoms with E-state index < -0.39 is 5.97 Å². The fourth-order valence-electron chi connectivity index (χ4n) is 1.92. The maximum Gasteiger partial charge on any atom is 0.350 e. The van der Waals surface area contributed by atoms with Crippen molar-refractivity contribution in [2.75, 3.05) is 18.2 Å². The summed E-state index contributed by atoms with van der Waals surface area (Å²) in [6.07, 6.45) is 0. The van der Waals surface area contributed by atoms with Crippen LogP contribution in [-0.4, -0.2) is 13.1 Å². The molecule has 1 aromatic carbocycles. The molecule has 21 heavy (non-hydrogen) atoms. The largest absolute Gasteiger partial charge is 0.465 e. The highest BCUT2D eigenvalue weighted by Crippen LogP contribution is 2.37. The molecule has 0 spiro atoms. The van der Waals surface area contributed by atoms with Crippen LogP contribution in [0, 0.1) is 11.3 Å². The Balaban J connectivity index is 2.32. The van der Waals surface area contributed by atoms with Crippen LogP contribution in [0.5, 0.6) is 0 Å². The number of thiophene rings is 1. The molecule has 0 saturated heterocycles. The average molecular weight is 301 g/mol. The van der Waals surface area contributed by atoms with Gasteiger partial charge in [0.15, 0.2) is 0 Å². The van der Waals surface area contributed by atoms with Crippen LogP contribution in [-0.2, 0) is 4.74 Å². The van der Waals surface area contributed by atoms with Crippen molar-refractivity contribution in [1.29, 1.82) is 5.26 Å². The van der Waals surface area contributed by atoms with Gasteiger partial charge in [-0.15, -0.1) is 11.3 Å². The minimum Gasteiger partial charge on any atom is -0.465 e. The maximum atomic E-state index is 11.6. The summed E-state index contributed by atoms with van der Waals surface area (Å²) < 4.78 is 4.67. The average Bonchev–Trinajstić information content (AvgIpc) is 2.83. The summed E-state index contributed by atoms with van der Waals surface area (Å²) >= 11 is 1.13. The lowest BCUT2D eigenvalue weighted by molar-refractivity contribution is 0.0607. The highest BCUT2D eigenvalue weighted by molar-refractivity contribution is 7.18. The number of nitrogen functional groups attached to an aromatic ring is 1. The van der Waals surface area contributed by atoms with Gasteiger partial charge in [-0.1, -0.05) is 30.3 Å². The minimum absolute atomic E-state index is 0.0122. The van der Waals surface area contributed by atoms with Crippen LogP contribution in [0.25, 0.3) is 0 Å². The molecular formula is C15H15N3O2S. The zero-order chi connectivity index (χ0) is 15.4. The molecule has 1 heterocycles. The molecule has 0 aliphatic heterocycles. The number of anilines is 2. The van der Waals surface area contributed by atoms with Crippen molar-refractivity contribution >= 4 is 28.0 Å². The van der Waals surface area contributed by atoms with Crippen LogP contribution in [0.4, 0.5) is 10.7 Å². The molecule has 0 fully saturated rings. The van der Waals surface area contributed by atoms with Gasteiger partial charge in [0.05, 0.1) is 12.8 Å². The number of benzene rings is 1. The lowest BCUT2D eigenvalue weighted by Crippen LogP contribution is -2.06. The third-order valence-electron chi connectivity index (χ3n) is 3.07. The fourth-order valence-corrected chi connectivity index (χ4v) is 3.00. The molecule has 108 valence electrons. The van der Waals surface area contributed by atoms with Gasteiger partial charge < -0.3 is 15.8 Å². The molecule has 3 N–H and O–H groups in total. The smallest absolute Gasteiger partial charge is 0.350 e. The number of esters is 1. The van der Waals surface area contributed by atoms with Crippen LogP contribution >= 0.6 is 11.3 Å². The number of carbonyl (C=O) groups is 1. The molecular weight excluding hydrogens is 286 g/mol. The summed E-state index contributed by atoms with van der Waals surface area (Å²) in [4.78, 5) is 11.9. The van der Waals surface area contributed by atoms with E-state index in [-0.39, 0.29) is 22.2 Å². The highest BCUT2D eigenvalue weighted by atomic mass is 32.1. The first-order valence-corrected chi connectivity index (χ1v) is 7.12. The molecule has 0 saturated carbocycles. The summed E-state index contributed by atoms with van der Waals surface area (Å²) in [5.41, 5.74) is 7.37. The zero-order valence-corrected chi connectivity index (χ0v) is 12.5. The minimum atomic E-state index is -0.533. The van der Waals surface area contributed by atoms with E-state index in [2.05, 4.69) is 10.1 Å². The SMILES string of the molecule is COC(=O)c1sc(NC(C)c2ccccc2)c(C#N)c1N. The van der Waals surface area contributed by atoms with E-state index in [0.717, 1.165) is 16.9 Å². The van der Waals surface area contributed by atoms with Gasteiger partial charge in [0.25, 0.3) is 0 Å². The first kappa shape index (κ1) is 14.9. The lowest BCUT2D eigenvalue weighted by atomic mass is 10.1. The molecule has 1 aromatic heterocycles. The Labute approximate surface area is 127 Å². The highest BCUT2D eigenvalue weighted by Gasteiger charge is 2.22. The maximum absolute atomic E-state index is 11.6. The first-order chi connectivity index (χ1) is 10.1. The molecule has 0 amide bonds. The van der Waals surface area contributed by atoms with Crippen molar-refractivity contribution in [3.05, 3.63) is 46.3 Å². The second-order valence-electron chi connectivity index (χ2n) is 4.43. The van der Waals surface area contributed by atoms with Gasteiger partial charge in [-0.25, -0.2) is 4.79 Å². The van der Waals surface area contributed by atoms with Crippen LogP contribution < -0.4 is 11.1 Å². The lowest BCUT2D eigenvalue weighted by Gasteiger charge is -2.14. The Bertz CT molecular complexity index is 689. The van der Waals surface area contributed by atoms with Crippen LogP contribution in [0.15, 0.2) is 30.3 Å². The van der Waals surface area contributed by atoms with Gasteiger partial charge in [0.2, 0.25) is 0 Å². The van der Waals surface area contributed by atoms with Crippen LogP contribution in [0.3, 0.4) is 0 Å². The second-order valence-corrected chi connectivity index (χ2v) is 5.45. The van der Waals surface area contributed by atoms with Crippen LogP contribution in [0.2, 0.25) is 0 Å². The number of methoxy groups -OCH3 is 1. The molecule has 1 atom stereocenters. The molecule has 0 aliphatic carbocycles. The number of nitriles is 1. The van der Waals surface area contributed by atoms with Crippen molar-refractivity contribution < 1.29 is 9.53 Å². The first-order valence-electron chi connectivity index (χ1n) is 6.30.